The molecule has 1 aromatic heterocycles. The number of aliphatic hydroxyl groups is 3. The Bertz CT molecular complexity index is 4330. The van der Waals surface area contributed by atoms with Gasteiger partial charge in [-0.15, -0.1) is 0 Å². The van der Waals surface area contributed by atoms with E-state index in [-0.39, 0.29) is 109 Å². The Hall–Kier alpha value is -12.2. The number of aliphatic carboxylic acids is 2. The van der Waals surface area contributed by atoms with Crippen LogP contribution in [0.3, 0.4) is 0 Å². The number of carbonyl (C=O) groups excluding carboxylic acids is 16. The smallest absolute Gasteiger partial charge is 0.326 e. The molecule has 2 heterocycles. The number of amides is 16. The number of nitrogens with two attached hydrogens (primary N) is 4. The van der Waals surface area contributed by atoms with Crippen molar-refractivity contribution in [3.8, 4) is 0 Å². The zero-order valence-electron chi connectivity index (χ0n) is 74.1. The molecule has 3 aromatic rings. The number of unbranched alkanes of at least 4 members (excludes halogenated alkanes) is 2. The lowest BCUT2D eigenvalue weighted by Gasteiger charge is -2.31. The second-order valence-corrected chi connectivity index (χ2v) is 32.6. The van der Waals surface area contributed by atoms with E-state index in [0.717, 1.165) is 35.2 Å². The highest BCUT2D eigenvalue weighted by Crippen LogP contribution is 2.23. The van der Waals surface area contributed by atoms with Gasteiger partial charge in [-0.25, -0.2) is 4.79 Å². The number of benzene rings is 2. The van der Waals surface area contributed by atoms with Crippen molar-refractivity contribution >= 4 is 136 Å². The van der Waals surface area contributed by atoms with E-state index in [9.17, 15) is 112 Å². The normalized spacial score (nSPS) is 16.1. The van der Waals surface area contributed by atoms with Crippen molar-refractivity contribution in [2.24, 2.45) is 34.8 Å². The molecule has 2 aromatic carbocycles. The molecule has 47 heteroatoms. The van der Waals surface area contributed by atoms with Crippen LogP contribution in [0.25, 0.3) is 10.9 Å². The van der Waals surface area contributed by atoms with Gasteiger partial charge < -0.3 is 143 Å². The molecule has 17 atom stereocenters. The highest BCUT2D eigenvalue weighted by molar-refractivity contribution is 7.80. The topological polar surface area (TPSA) is 748 Å². The summed E-state index contributed by atoms with van der Waals surface area (Å²) < 4.78 is 0. The predicted molar refractivity (Wildman–Crippen MR) is 475 cm³/mol. The van der Waals surface area contributed by atoms with E-state index in [1.165, 1.54) is 6.92 Å². The summed E-state index contributed by atoms with van der Waals surface area (Å²) in [6.45, 7) is 7.52. The lowest BCUT2D eigenvalue weighted by molar-refractivity contribution is -0.144. The Morgan fingerprint density at radius 2 is 0.954 bits per heavy atom. The van der Waals surface area contributed by atoms with Gasteiger partial charge in [0, 0.05) is 48.8 Å². The maximum absolute atomic E-state index is 14.4. The standard InChI is InChI=1S/C83H131N23O23S/c1-8-44(4)66(78(124)96-53(24-14-16-30-84)72(118)98-56(82(128)129)26-18-32-89-83(87)88)104-74(120)55(28-29-65(114)115)95-75(121)57(34-43(2)3)99-73(119)54(25-15-17-31-85)97-79(125)67(45(5)107)102-63(112)40-92-61(110)38-91-62(111)39-94-71(117)58(35-48-20-10-9-11-21-48)100-80(126)68(46(6)108)105-76(122)59(42-130)101-77(123)60-27-19-33-106(60)81(127)69(47(7)109)103-64(113)41-93-70(116)51(86)36-49-37-90-52-23-13-12-22-50(49)52/h9-13,20-23,37,43-47,51,53-60,66-69,90,107-109,130H,8,14-19,24-36,38-42,84-86H2,1-7H3,(H,91,111)(H,92,110)(H,93,116)(H,94,117)(H,95,121)(H,96,124)(H,97,125)(H,98,118)(H,99,119)(H,100,126)(H,101,123)(H,102,112)(H,103,113)(H,104,120)(H,105,122)(H,114,115)(H,128,129)(H4,87,88,89)/t44-,45+,46+,47+,51-,53-,54-,55-,56-,57-,58-,59-,60-,66-,67-,68-,69-/m0/s1. The molecule has 0 aliphatic carbocycles. The highest BCUT2D eigenvalue weighted by atomic mass is 32.1. The summed E-state index contributed by atoms with van der Waals surface area (Å²) in [4.78, 5) is 249. The van der Waals surface area contributed by atoms with Crippen LogP contribution in [0, 0.1) is 17.2 Å². The maximum atomic E-state index is 14.4. The summed E-state index contributed by atoms with van der Waals surface area (Å²) in [7, 11) is 0. The van der Waals surface area contributed by atoms with E-state index < -0.39 is 254 Å². The molecule has 1 aliphatic rings. The third-order valence-corrected chi connectivity index (χ3v) is 21.5. The fraction of sp³-hybridized carbons (Fsp3) is 0.602. The number of para-hydroxylation sites is 1. The van der Waals surface area contributed by atoms with Crippen LogP contribution in [-0.2, 0) is 99.1 Å². The number of nitrogens with zero attached hydrogens (tertiary/aromatic N) is 1. The molecule has 1 aliphatic heterocycles. The number of likely N-dealkylation sites (tertiary alicyclic amines) is 1. The first-order valence-electron chi connectivity index (χ1n) is 43.2. The zero-order valence-corrected chi connectivity index (χ0v) is 75.0. The first kappa shape index (κ1) is 110. The minimum atomic E-state index is -1.81. The van der Waals surface area contributed by atoms with Crippen LogP contribution in [0.4, 0.5) is 0 Å². The number of carbonyl (C=O) groups is 18. The molecule has 0 saturated carbocycles. The Morgan fingerprint density at radius 3 is 1.50 bits per heavy atom. The number of hydrogen-bond donors (Lipinski definition) is 28. The average molecular weight is 1850 g/mol. The summed E-state index contributed by atoms with van der Waals surface area (Å²) >= 11 is 4.23. The zero-order chi connectivity index (χ0) is 97.0. The Kier molecular flexibility index (Phi) is 48.3. The van der Waals surface area contributed by atoms with Crippen molar-refractivity contribution in [1.29, 1.82) is 5.41 Å². The molecular weight excluding hydrogens is 1720 g/mol. The second-order valence-electron chi connectivity index (χ2n) is 32.3. The van der Waals surface area contributed by atoms with Crippen LogP contribution in [0.2, 0.25) is 0 Å². The summed E-state index contributed by atoms with van der Waals surface area (Å²) in [5.74, 6) is -19.8. The van der Waals surface area contributed by atoms with Crippen molar-refractivity contribution in [2.45, 2.75) is 248 Å². The Labute approximate surface area is 757 Å². The molecule has 1 fully saturated rings. The van der Waals surface area contributed by atoms with E-state index in [4.69, 9.17) is 28.3 Å². The monoisotopic (exact) mass is 1850 g/mol. The van der Waals surface area contributed by atoms with Gasteiger partial charge in [-0.05, 0) is 146 Å². The SMILES string of the molecule is CC[C@H](C)[C@H](NC(=O)[C@H](CCC(=O)O)NC(=O)[C@H](CC(C)C)NC(=O)[C@H](CCCCN)NC(=O)[C@@H](NC(=O)CNC(=O)CNC(=O)CNC(=O)[C@H](Cc1ccccc1)NC(=O)[C@@H](NC(=O)[C@H](CS)NC(=O)[C@@H]1CCCN1C(=O)[C@@H](NC(=O)CNC(=O)[C@@H](N)Cc1c[nH]c2ccccc12)[C@@H](C)O)[C@@H](C)O)[C@@H](C)O)C(=O)N[C@@H](CCCCN)C(=O)N[C@@H](CCCNC(=N)N)C(=O)O. The number of aromatic nitrogens is 1. The molecule has 4 rings (SSSR count). The highest BCUT2D eigenvalue weighted by Gasteiger charge is 2.43. The number of guanidine groups is 1. The lowest BCUT2D eigenvalue weighted by Crippen LogP contribution is -2.62. The first-order valence-corrected chi connectivity index (χ1v) is 43.8. The van der Waals surface area contributed by atoms with E-state index in [0.29, 0.717) is 24.8 Å². The number of H-pyrrole nitrogens is 1. The molecule has 1 saturated heterocycles. The van der Waals surface area contributed by atoms with Crippen LogP contribution in [-0.4, -0.2) is 303 Å². The molecule has 0 bridgehead atoms. The van der Waals surface area contributed by atoms with Gasteiger partial charge in [-0.2, -0.15) is 12.6 Å². The molecule has 16 amide bonds. The number of hydrogen-bond acceptors (Lipinski definition) is 26. The van der Waals surface area contributed by atoms with Crippen LogP contribution in [0.15, 0.2) is 60.8 Å². The number of carboxylic acid groups (broad SMARTS) is 2. The summed E-state index contributed by atoms with van der Waals surface area (Å²) in [6.07, 6.45) is -2.79. The minimum Gasteiger partial charge on any atom is -0.481 e. The van der Waals surface area contributed by atoms with E-state index in [1.807, 2.05) is 24.3 Å². The number of nitrogens with one attached hydrogen (secondary N) is 18. The van der Waals surface area contributed by atoms with Gasteiger partial charge in [-0.3, -0.25) is 86.9 Å². The number of rotatable bonds is 59. The van der Waals surface area contributed by atoms with Gasteiger partial charge in [0.2, 0.25) is 94.5 Å². The van der Waals surface area contributed by atoms with E-state index in [2.05, 4.69) is 103 Å². The lowest BCUT2D eigenvalue weighted by atomic mass is 9.96. The quantitative estimate of drug-likeness (QED) is 0.0108. The Morgan fingerprint density at radius 1 is 0.492 bits per heavy atom. The van der Waals surface area contributed by atoms with Crippen molar-refractivity contribution < 1.29 is 112 Å². The number of aliphatic hydroxyl groups excluding tert-OH is 3. The van der Waals surface area contributed by atoms with Crippen LogP contribution in [0.1, 0.15) is 149 Å². The van der Waals surface area contributed by atoms with Gasteiger partial charge in [-0.1, -0.05) is 82.6 Å². The maximum Gasteiger partial charge on any atom is 0.326 e. The number of carboxylic acids is 2. The van der Waals surface area contributed by atoms with Crippen LogP contribution < -0.4 is 108 Å². The largest absolute Gasteiger partial charge is 0.481 e. The van der Waals surface area contributed by atoms with Crippen LogP contribution >= 0.6 is 12.6 Å². The van der Waals surface area contributed by atoms with Crippen molar-refractivity contribution in [2.75, 3.05) is 58.1 Å². The molecule has 722 valence electrons. The van der Waals surface area contributed by atoms with Crippen molar-refractivity contribution in [1.82, 2.24) is 95.0 Å². The van der Waals surface area contributed by atoms with Gasteiger partial charge in [0.05, 0.1) is 50.5 Å². The van der Waals surface area contributed by atoms with Gasteiger partial charge in [0.25, 0.3) is 0 Å². The van der Waals surface area contributed by atoms with Gasteiger partial charge in [0.1, 0.15) is 72.5 Å². The fourth-order valence-electron chi connectivity index (χ4n) is 13.7. The number of aromatic amines is 1. The van der Waals surface area contributed by atoms with E-state index in [1.54, 1.807) is 64.2 Å². The fourth-order valence-corrected chi connectivity index (χ4v) is 14.0. The third kappa shape index (κ3) is 38.2. The minimum absolute atomic E-state index is 0.0114. The number of fused-ring (bicyclic) bond motifs is 1. The second kappa shape index (κ2) is 57.0. The molecule has 46 nitrogen and oxygen atoms in total. The third-order valence-electron chi connectivity index (χ3n) is 21.1. The molecule has 0 radical (unpaired) electrons. The van der Waals surface area contributed by atoms with E-state index >= 15 is 0 Å². The number of thiol groups is 1. The first-order chi connectivity index (χ1) is 61.5. The summed E-state index contributed by atoms with van der Waals surface area (Å²) in [5, 5.41) is 99.3. The van der Waals surface area contributed by atoms with Gasteiger partial charge in [0.15, 0.2) is 5.96 Å². The summed E-state index contributed by atoms with van der Waals surface area (Å²) in [6, 6.07) is -3.92. The molecule has 130 heavy (non-hydrogen) atoms. The van der Waals surface area contributed by atoms with Crippen molar-refractivity contribution in [3.63, 3.8) is 0 Å². The van der Waals surface area contributed by atoms with Gasteiger partial charge >= 0.3 is 11.9 Å². The van der Waals surface area contributed by atoms with Crippen LogP contribution in [0.5, 0.6) is 0 Å². The predicted octanol–water partition coefficient (Wildman–Crippen LogP) is -7.30. The molecule has 31 N–H and O–H groups in total. The molecular formula is C83H131N23O23S. The van der Waals surface area contributed by atoms with Crippen molar-refractivity contribution in [3.05, 3.63) is 71.9 Å². The molecule has 0 unspecified atom stereocenters. The average Bonchev–Trinajstić information content (AvgIpc) is 1.64. The summed E-state index contributed by atoms with van der Waals surface area (Å²) in [5.41, 5.74) is 25.1. The molecule has 0 spiro atoms. The Balaban J connectivity index is 1.36.